The molecule has 0 amide bonds. The lowest BCUT2D eigenvalue weighted by Gasteiger charge is -2.11. The summed E-state index contributed by atoms with van der Waals surface area (Å²) < 4.78 is 48.8. The van der Waals surface area contributed by atoms with Crippen molar-refractivity contribution in [3.05, 3.63) is 59.7 Å². The number of rotatable bonds is 9. The molecule has 0 aromatic heterocycles. The van der Waals surface area contributed by atoms with Crippen LogP contribution in [-0.4, -0.2) is 24.3 Å². The van der Waals surface area contributed by atoms with Crippen LogP contribution in [0.1, 0.15) is 38.3 Å². The highest BCUT2D eigenvalue weighted by Crippen LogP contribution is 2.31. The molecule has 2 aromatic carbocycles. The second kappa shape index (κ2) is 12.0. The zero-order valence-electron chi connectivity index (χ0n) is 16.8. The van der Waals surface area contributed by atoms with Gasteiger partial charge in [0.2, 0.25) is 0 Å². The fourth-order valence-electron chi connectivity index (χ4n) is 2.36. The molecule has 29 heavy (non-hydrogen) atoms. The summed E-state index contributed by atoms with van der Waals surface area (Å²) in [5.74, 6) is -0.483. The van der Waals surface area contributed by atoms with Gasteiger partial charge in [-0.3, -0.25) is 4.79 Å². The molecular formula is C22H27F3O4. The Hall–Kier alpha value is -2.70. The molecular weight excluding hydrogens is 385 g/mol. The molecule has 7 heteroatoms. The standard InChI is InChI=1S/C20H21F3O4.C2H6/c1-14(19(24)25)12-15-6-8-17(9-7-15)26-10-3-11-27-18-5-2-4-16(13-18)20(21,22)23;1-2/h2,4-9,13-14H,3,10-12H2,1H3,(H,24,25);1-2H3. The Labute approximate surface area is 169 Å². The highest BCUT2D eigenvalue weighted by Gasteiger charge is 2.30. The number of carboxylic acids is 1. The average Bonchev–Trinajstić information content (AvgIpc) is 2.70. The largest absolute Gasteiger partial charge is 0.493 e. The van der Waals surface area contributed by atoms with Gasteiger partial charge in [-0.2, -0.15) is 13.2 Å². The zero-order chi connectivity index (χ0) is 21.9. The van der Waals surface area contributed by atoms with Gasteiger partial charge in [0, 0.05) is 6.42 Å². The quantitative estimate of drug-likeness (QED) is 0.526. The first-order chi connectivity index (χ1) is 13.8. The van der Waals surface area contributed by atoms with Crippen LogP contribution in [0.25, 0.3) is 0 Å². The second-order valence-corrected chi connectivity index (χ2v) is 6.16. The predicted octanol–water partition coefficient (Wildman–Crippen LogP) is 5.84. The van der Waals surface area contributed by atoms with Gasteiger partial charge < -0.3 is 14.6 Å². The van der Waals surface area contributed by atoms with Gasteiger partial charge in [0.05, 0.1) is 24.7 Å². The second-order valence-electron chi connectivity index (χ2n) is 6.16. The lowest BCUT2D eigenvalue weighted by atomic mass is 10.0. The highest BCUT2D eigenvalue weighted by atomic mass is 19.4. The van der Waals surface area contributed by atoms with E-state index in [1.165, 1.54) is 12.1 Å². The first kappa shape index (κ1) is 24.3. The number of ether oxygens (including phenoxy) is 2. The minimum Gasteiger partial charge on any atom is -0.493 e. The summed E-state index contributed by atoms with van der Waals surface area (Å²) in [6, 6.07) is 11.9. The summed E-state index contributed by atoms with van der Waals surface area (Å²) in [7, 11) is 0. The lowest BCUT2D eigenvalue weighted by molar-refractivity contribution is -0.141. The summed E-state index contributed by atoms with van der Waals surface area (Å²) in [6.07, 6.45) is -3.44. The van der Waals surface area contributed by atoms with Crippen molar-refractivity contribution in [3.8, 4) is 11.5 Å². The molecule has 0 radical (unpaired) electrons. The van der Waals surface area contributed by atoms with Crippen LogP contribution < -0.4 is 9.47 Å². The molecule has 0 aliphatic carbocycles. The minimum absolute atomic E-state index is 0.168. The molecule has 0 spiro atoms. The topological polar surface area (TPSA) is 55.8 Å². The first-order valence-electron chi connectivity index (χ1n) is 9.50. The summed E-state index contributed by atoms with van der Waals surface area (Å²) in [5.41, 5.74) is 0.165. The van der Waals surface area contributed by atoms with E-state index in [-0.39, 0.29) is 12.4 Å². The maximum absolute atomic E-state index is 12.6. The van der Waals surface area contributed by atoms with Crippen molar-refractivity contribution in [3.63, 3.8) is 0 Å². The number of halogens is 3. The Balaban J connectivity index is 0.00000204. The third-order valence-electron chi connectivity index (χ3n) is 3.87. The van der Waals surface area contributed by atoms with Crippen LogP contribution in [0, 0.1) is 5.92 Å². The Morgan fingerprint density at radius 1 is 1.00 bits per heavy atom. The number of carbonyl (C=O) groups is 1. The van der Waals surface area contributed by atoms with Crippen LogP contribution in [0.15, 0.2) is 48.5 Å². The van der Waals surface area contributed by atoms with Crippen molar-refractivity contribution in [2.45, 2.75) is 39.8 Å². The molecule has 0 aliphatic heterocycles. The zero-order valence-corrected chi connectivity index (χ0v) is 16.8. The van der Waals surface area contributed by atoms with Gasteiger partial charge >= 0.3 is 12.1 Å². The van der Waals surface area contributed by atoms with Crippen molar-refractivity contribution in [1.82, 2.24) is 0 Å². The van der Waals surface area contributed by atoms with Crippen LogP contribution >= 0.6 is 0 Å². The smallest absolute Gasteiger partial charge is 0.416 e. The summed E-state index contributed by atoms with van der Waals surface area (Å²) in [6.45, 7) is 6.23. The molecule has 0 fully saturated rings. The van der Waals surface area contributed by atoms with Gasteiger partial charge in [0.25, 0.3) is 0 Å². The number of alkyl halides is 3. The molecule has 2 aromatic rings. The van der Waals surface area contributed by atoms with Crippen LogP contribution in [-0.2, 0) is 17.4 Å². The molecule has 1 N–H and O–H groups in total. The number of aliphatic carboxylic acids is 1. The molecule has 0 saturated heterocycles. The fourth-order valence-corrected chi connectivity index (χ4v) is 2.36. The predicted molar refractivity (Wildman–Crippen MR) is 105 cm³/mol. The van der Waals surface area contributed by atoms with Crippen molar-refractivity contribution < 1.29 is 32.5 Å². The third-order valence-corrected chi connectivity index (χ3v) is 3.87. The molecule has 0 aliphatic rings. The normalized spacial score (nSPS) is 11.8. The van der Waals surface area contributed by atoms with E-state index in [1.54, 1.807) is 19.1 Å². The molecule has 160 valence electrons. The van der Waals surface area contributed by atoms with Gasteiger partial charge in [-0.25, -0.2) is 0 Å². The van der Waals surface area contributed by atoms with E-state index >= 15 is 0 Å². The van der Waals surface area contributed by atoms with E-state index in [2.05, 4.69) is 0 Å². The molecule has 1 unspecified atom stereocenters. The minimum atomic E-state index is -4.39. The van der Waals surface area contributed by atoms with Crippen LogP contribution in [0.4, 0.5) is 13.2 Å². The van der Waals surface area contributed by atoms with Gasteiger partial charge in [0.15, 0.2) is 0 Å². The van der Waals surface area contributed by atoms with E-state index in [1.807, 2.05) is 26.0 Å². The Morgan fingerprint density at radius 3 is 2.14 bits per heavy atom. The summed E-state index contributed by atoms with van der Waals surface area (Å²) in [5, 5.41) is 8.91. The first-order valence-corrected chi connectivity index (χ1v) is 9.50. The summed E-state index contributed by atoms with van der Waals surface area (Å²) in [4.78, 5) is 10.9. The third kappa shape index (κ3) is 8.89. The maximum atomic E-state index is 12.6. The fraction of sp³-hybridized carbons (Fsp3) is 0.409. The Morgan fingerprint density at radius 2 is 1.59 bits per heavy atom. The lowest BCUT2D eigenvalue weighted by Crippen LogP contribution is -2.12. The van der Waals surface area contributed by atoms with Gasteiger partial charge in [-0.15, -0.1) is 0 Å². The number of hydrogen-bond donors (Lipinski definition) is 1. The SMILES string of the molecule is CC.CC(Cc1ccc(OCCCOc2cccc(C(F)(F)F)c2)cc1)C(=O)O. The van der Waals surface area contributed by atoms with Crippen LogP contribution in [0.2, 0.25) is 0 Å². The molecule has 0 saturated carbocycles. The number of carboxylic acid groups (broad SMARTS) is 1. The molecule has 4 nitrogen and oxygen atoms in total. The van der Waals surface area contributed by atoms with Crippen LogP contribution in [0.3, 0.4) is 0 Å². The number of hydrogen-bond acceptors (Lipinski definition) is 3. The van der Waals surface area contributed by atoms with E-state index in [0.717, 1.165) is 17.7 Å². The van der Waals surface area contributed by atoms with E-state index in [0.29, 0.717) is 25.2 Å². The van der Waals surface area contributed by atoms with Crippen molar-refractivity contribution in [2.75, 3.05) is 13.2 Å². The Bertz CT molecular complexity index is 742. The Kier molecular flexibility index (Phi) is 10.1. The van der Waals surface area contributed by atoms with Gasteiger partial charge in [-0.1, -0.05) is 39.0 Å². The average molecular weight is 412 g/mol. The van der Waals surface area contributed by atoms with Gasteiger partial charge in [-0.05, 0) is 42.3 Å². The maximum Gasteiger partial charge on any atom is 0.416 e. The molecule has 0 heterocycles. The monoisotopic (exact) mass is 412 g/mol. The van der Waals surface area contributed by atoms with E-state index < -0.39 is 23.6 Å². The van der Waals surface area contributed by atoms with Crippen molar-refractivity contribution in [2.24, 2.45) is 5.92 Å². The van der Waals surface area contributed by atoms with Crippen molar-refractivity contribution >= 4 is 5.97 Å². The van der Waals surface area contributed by atoms with E-state index in [9.17, 15) is 18.0 Å². The van der Waals surface area contributed by atoms with E-state index in [4.69, 9.17) is 14.6 Å². The highest BCUT2D eigenvalue weighted by molar-refractivity contribution is 5.69. The molecule has 1 atom stereocenters. The van der Waals surface area contributed by atoms with Crippen LogP contribution in [0.5, 0.6) is 11.5 Å². The molecule has 2 rings (SSSR count). The van der Waals surface area contributed by atoms with Crippen molar-refractivity contribution in [1.29, 1.82) is 0 Å². The number of benzene rings is 2. The molecule has 0 bridgehead atoms. The summed E-state index contributed by atoms with van der Waals surface area (Å²) >= 11 is 0. The van der Waals surface area contributed by atoms with Gasteiger partial charge in [0.1, 0.15) is 11.5 Å².